The maximum absolute atomic E-state index is 13.4. The molecule has 180 valence electrons. The topological polar surface area (TPSA) is 99.8 Å². The number of benzene rings is 2. The zero-order valence-corrected chi connectivity index (χ0v) is 20.4. The number of sulfonamides is 1. The number of amides is 1. The molecule has 3 heterocycles. The first-order valence-electron chi connectivity index (χ1n) is 11.4. The minimum Gasteiger partial charge on any atom is -0.368 e. The van der Waals surface area contributed by atoms with Crippen LogP contribution in [0.1, 0.15) is 18.4 Å². The van der Waals surface area contributed by atoms with Crippen LogP contribution in [0, 0.1) is 12.8 Å². The molecule has 0 radical (unpaired) electrons. The van der Waals surface area contributed by atoms with Crippen LogP contribution in [0.4, 0.5) is 5.69 Å². The van der Waals surface area contributed by atoms with Gasteiger partial charge in [0.2, 0.25) is 15.9 Å². The van der Waals surface area contributed by atoms with Gasteiger partial charge in [0.15, 0.2) is 5.52 Å². The predicted molar refractivity (Wildman–Crippen MR) is 128 cm³/mol. The number of anilines is 1. The van der Waals surface area contributed by atoms with Crippen LogP contribution >= 0.6 is 11.6 Å². The molecule has 9 nitrogen and oxygen atoms in total. The lowest BCUT2D eigenvalue weighted by Crippen LogP contribution is -2.53. The zero-order valence-electron chi connectivity index (χ0n) is 18.9. The standard InChI is InChI=1S/C23H26ClN5O4S/c1-16-7-8-18(24)14-20(16)27-10-12-28(13-11-27)23(30)17-4-3-9-29(15-17)34(31,32)21-6-2-5-19-22(21)26-33-25-19/h2,5-8,14,17H,3-4,9-13,15H2,1H3/t17-/m1/s1. The number of piperidine rings is 1. The molecule has 0 bridgehead atoms. The Morgan fingerprint density at radius 1 is 1.09 bits per heavy atom. The molecule has 2 fully saturated rings. The Morgan fingerprint density at radius 3 is 2.68 bits per heavy atom. The predicted octanol–water partition coefficient (Wildman–Crippen LogP) is 2.93. The summed E-state index contributed by atoms with van der Waals surface area (Å²) in [4.78, 5) is 17.5. The van der Waals surface area contributed by atoms with Gasteiger partial charge in [-0.1, -0.05) is 23.7 Å². The first kappa shape index (κ1) is 23.1. The van der Waals surface area contributed by atoms with Crippen LogP contribution < -0.4 is 4.90 Å². The molecule has 0 unspecified atom stereocenters. The molecule has 1 aromatic heterocycles. The summed E-state index contributed by atoms with van der Waals surface area (Å²) in [5.74, 6) is -0.346. The molecule has 0 aliphatic carbocycles. The fourth-order valence-corrected chi connectivity index (χ4v) is 6.67. The summed E-state index contributed by atoms with van der Waals surface area (Å²) >= 11 is 6.18. The van der Waals surface area contributed by atoms with Crippen molar-refractivity contribution in [1.82, 2.24) is 19.5 Å². The van der Waals surface area contributed by atoms with Gasteiger partial charge in [-0.25, -0.2) is 13.0 Å². The molecule has 11 heteroatoms. The van der Waals surface area contributed by atoms with E-state index in [0.717, 1.165) is 11.3 Å². The molecule has 2 aromatic carbocycles. The van der Waals surface area contributed by atoms with Crippen molar-refractivity contribution < 1.29 is 17.8 Å². The van der Waals surface area contributed by atoms with Crippen molar-refractivity contribution in [3.05, 3.63) is 47.0 Å². The Hall–Kier alpha value is -2.69. The highest BCUT2D eigenvalue weighted by molar-refractivity contribution is 7.89. The third-order valence-corrected chi connectivity index (χ3v) is 8.84. The number of halogens is 1. The van der Waals surface area contributed by atoms with E-state index in [0.29, 0.717) is 56.1 Å². The van der Waals surface area contributed by atoms with Gasteiger partial charge in [0, 0.05) is 50.0 Å². The molecule has 0 N–H and O–H groups in total. The van der Waals surface area contributed by atoms with Crippen LogP contribution in [0.5, 0.6) is 0 Å². The van der Waals surface area contributed by atoms with Crippen LogP contribution in [0.3, 0.4) is 0 Å². The van der Waals surface area contributed by atoms with E-state index in [4.69, 9.17) is 16.2 Å². The largest absolute Gasteiger partial charge is 0.368 e. The average molecular weight is 504 g/mol. The fraction of sp³-hybridized carbons (Fsp3) is 0.435. The van der Waals surface area contributed by atoms with Gasteiger partial charge in [-0.15, -0.1) is 0 Å². The lowest BCUT2D eigenvalue weighted by atomic mass is 9.97. The second-order valence-electron chi connectivity index (χ2n) is 8.83. The average Bonchev–Trinajstić information content (AvgIpc) is 3.34. The van der Waals surface area contributed by atoms with Crippen molar-refractivity contribution in [2.24, 2.45) is 5.92 Å². The van der Waals surface area contributed by atoms with Crippen molar-refractivity contribution in [3.8, 4) is 0 Å². The van der Waals surface area contributed by atoms with E-state index in [9.17, 15) is 13.2 Å². The Labute approximate surface area is 203 Å². The van der Waals surface area contributed by atoms with Crippen molar-refractivity contribution in [3.63, 3.8) is 0 Å². The van der Waals surface area contributed by atoms with Gasteiger partial charge in [0.1, 0.15) is 10.4 Å². The molecule has 0 spiro atoms. The third kappa shape index (κ3) is 4.25. The van der Waals surface area contributed by atoms with Gasteiger partial charge in [-0.3, -0.25) is 4.79 Å². The number of nitrogens with zero attached hydrogens (tertiary/aromatic N) is 5. The molecule has 1 atom stereocenters. The molecule has 34 heavy (non-hydrogen) atoms. The van der Waals surface area contributed by atoms with Gasteiger partial charge in [-0.2, -0.15) is 4.31 Å². The highest BCUT2D eigenvalue weighted by Crippen LogP contribution is 2.29. The monoisotopic (exact) mass is 503 g/mol. The highest BCUT2D eigenvalue weighted by atomic mass is 35.5. The lowest BCUT2D eigenvalue weighted by Gasteiger charge is -2.40. The first-order valence-corrected chi connectivity index (χ1v) is 13.2. The van der Waals surface area contributed by atoms with Crippen LogP contribution in [-0.4, -0.2) is 73.1 Å². The molecular weight excluding hydrogens is 478 g/mol. The number of carbonyl (C=O) groups is 1. The summed E-state index contributed by atoms with van der Waals surface area (Å²) < 4.78 is 32.9. The minimum atomic E-state index is -3.83. The van der Waals surface area contributed by atoms with Crippen molar-refractivity contribution in [2.45, 2.75) is 24.7 Å². The van der Waals surface area contributed by atoms with Crippen LogP contribution in [0.15, 0.2) is 45.9 Å². The first-order chi connectivity index (χ1) is 16.3. The van der Waals surface area contributed by atoms with Gasteiger partial charge in [-0.05, 0) is 59.9 Å². The Kier molecular flexibility index (Phi) is 6.22. The highest BCUT2D eigenvalue weighted by Gasteiger charge is 2.37. The number of fused-ring (bicyclic) bond motifs is 1. The van der Waals surface area contributed by atoms with E-state index in [1.54, 1.807) is 12.1 Å². The fourth-order valence-electron chi connectivity index (χ4n) is 4.84. The smallest absolute Gasteiger partial charge is 0.245 e. The van der Waals surface area contributed by atoms with Crippen molar-refractivity contribution >= 4 is 44.3 Å². The minimum absolute atomic E-state index is 0.0173. The number of piperazine rings is 1. The van der Waals surface area contributed by atoms with Crippen molar-refractivity contribution in [1.29, 1.82) is 0 Å². The number of rotatable bonds is 4. The molecule has 5 rings (SSSR count). The maximum atomic E-state index is 13.4. The normalized spacial score (nSPS) is 20.1. The molecule has 1 amide bonds. The summed E-state index contributed by atoms with van der Waals surface area (Å²) in [6.45, 7) is 5.20. The molecule has 3 aromatic rings. The molecule has 0 saturated carbocycles. The van der Waals surface area contributed by atoms with Gasteiger partial charge in [0.05, 0.1) is 5.92 Å². The Bertz CT molecular complexity index is 1320. The van der Waals surface area contributed by atoms with Crippen LogP contribution in [-0.2, 0) is 14.8 Å². The van der Waals surface area contributed by atoms with Gasteiger partial charge < -0.3 is 9.80 Å². The Balaban J connectivity index is 1.27. The number of hydrogen-bond acceptors (Lipinski definition) is 7. The summed E-state index contributed by atoms with van der Waals surface area (Å²) in [6.07, 6.45) is 1.30. The van der Waals surface area contributed by atoms with E-state index in [-0.39, 0.29) is 28.8 Å². The maximum Gasteiger partial charge on any atom is 0.245 e. The molecule has 2 aliphatic rings. The zero-order chi connectivity index (χ0) is 23.9. The number of carbonyl (C=O) groups excluding carboxylic acids is 1. The number of hydrogen-bond donors (Lipinski definition) is 0. The number of aryl methyl sites for hydroxylation is 1. The molecule has 2 saturated heterocycles. The molecular formula is C23H26ClN5O4S. The quantitative estimate of drug-likeness (QED) is 0.539. The van der Waals surface area contributed by atoms with Crippen LogP contribution in [0.25, 0.3) is 11.0 Å². The summed E-state index contributed by atoms with van der Waals surface area (Å²) in [5.41, 5.74) is 2.84. The van der Waals surface area contributed by atoms with E-state index in [1.807, 2.05) is 23.1 Å². The molecule has 2 aliphatic heterocycles. The van der Waals surface area contributed by atoms with E-state index < -0.39 is 10.0 Å². The van der Waals surface area contributed by atoms with E-state index in [2.05, 4.69) is 22.1 Å². The van der Waals surface area contributed by atoms with Gasteiger partial charge >= 0.3 is 0 Å². The SMILES string of the molecule is Cc1ccc(Cl)cc1N1CCN(C(=O)[C@@H]2CCCN(S(=O)(=O)c3cccc4nonc34)C2)CC1. The summed E-state index contributed by atoms with van der Waals surface area (Å²) in [5, 5.41) is 8.20. The van der Waals surface area contributed by atoms with Crippen LogP contribution in [0.2, 0.25) is 5.02 Å². The lowest BCUT2D eigenvalue weighted by molar-refractivity contribution is -0.137. The second kappa shape index (κ2) is 9.16. The summed E-state index contributed by atoms with van der Waals surface area (Å²) in [7, 11) is -3.83. The van der Waals surface area contributed by atoms with E-state index in [1.165, 1.54) is 10.4 Å². The summed E-state index contributed by atoms with van der Waals surface area (Å²) in [6, 6.07) is 10.6. The second-order valence-corrected chi connectivity index (χ2v) is 11.2. The Morgan fingerprint density at radius 2 is 1.88 bits per heavy atom. The third-order valence-electron chi connectivity index (χ3n) is 6.70. The number of aromatic nitrogens is 2. The van der Waals surface area contributed by atoms with E-state index >= 15 is 0 Å². The van der Waals surface area contributed by atoms with Gasteiger partial charge in [0.25, 0.3) is 0 Å². The van der Waals surface area contributed by atoms with Crippen molar-refractivity contribution in [2.75, 3.05) is 44.2 Å².